The zero-order chi connectivity index (χ0) is 9.03. The highest BCUT2D eigenvalue weighted by atomic mass is 79.9. The molecular weight excluding hydrogens is 216 g/mol. The Morgan fingerprint density at radius 1 is 1.25 bits per heavy atom. The van der Waals surface area contributed by atoms with Crippen LogP contribution < -0.4 is 0 Å². The van der Waals surface area contributed by atoms with E-state index in [0.717, 1.165) is 0 Å². The smallest absolute Gasteiger partial charge is 0.117 e. The lowest BCUT2D eigenvalue weighted by atomic mass is 10.2. The van der Waals surface area contributed by atoms with Crippen molar-refractivity contribution in [1.82, 2.24) is 0 Å². The Morgan fingerprint density at radius 3 is 2.33 bits per heavy atom. The number of hydrogen-bond acceptors (Lipinski definition) is 1. The number of hydrogen-bond donors (Lipinski definition) is 0. The summed E-state index contributed by atoms with van der Waals surface area (Å²) < 4.78 is 5.30. The highest BCUT2D eigenvalue weighted by Gasteiger charge is 2.11. The Bertz CT molecular complexity index is 225. The van der Waals surface area contributed by atoms with Gasteiger partial charge in [0.1, 0.15) is 4.51 Å². The van der Waals surface area contributed by atoms with Crippen LogP contribution in [0.25, 0.3) is 0 Å². The van der Waals surface area contributed by atoms with E-state index in [2.05, 4.69) is 28.1 Å². The standard InChI is InChI=1S/C10H13BrO/c1-10(2,11)12-8-9-6-4-3-5-7-9/h3-7H,8H2,1-2H3. The van der Waals surface area contributed by atoms with Gasteiger partial charge in [0.15, 0.2) is 0 Å². The fourth-order valence-electron chi connectivity index (χ4n) is 0.829. The summed E-state index contributed by atoms with van der Waals surface area (Å²) >= 11 is 3.41. The Balaban J connectivity index is 2.44. The molecule has 12 heavy (non-hydrogen) atoms. The van der Waals surface area contributed by atoms with Crippen molar-refractivity contribution < 1.29 is 4.74 Å². The van der Waals surface area contributed by atoms with Gasteiger partial charge in [-0.25, -0.2) is 0 Å². The van der Waals surface area contributed by atoms with Crippen LogP contribution in [0.2, 0.25) is 0 Å². The molecule has 0 unspecified atom stereocenters. The Kier molecular flexibility index (Phi) is 3.29. The van der Waals surface area contributed by atoms with Gasteiger partial charge in [-0.1, -0.05) is 46.3 Å². The second kappa shape index (κ2) is 4.06. The average Bonchev–Trinajstić information content (AvgIpc) is 2.02. The third-order valence-electron chi connectivity index (χ3n) is 1.42. The molecule has 0 aliphatic heterocycles. The second-order valence-corrected chi connectivity index (χ2v) is 5.05. The van der Waals surface area contributed by atoms with Crippen molar-refractivity contribution in [2.75, 3.05) is 0 Å². The summed E-state index contributed by atoms with van der Waals surface area (Å²) in [5.41, 5.74) is 1.20. The van der Waals surface area contributed by atoms with Crippen LogP contribution in [0.1, 0.15) is 19.4 Å². The van der Waals surface area contributed by atoms with Gasteiger partial charge < -0.3 is 4.74 Å². The summed E-state index contributed by atoms with van der Waals surface area (Å²) in [6.45, 7) is 4.62. The van der Waals surface area contributed by atoms with Gasteiger partial charge in [0, 0.05) is 0 Å². The lowest BCUT2D eigenvalue weighted by Gasteiger charge is -2.17. The molecule has 1 nitrogen and oxygen atoms in total. The highest BCUT2D eigenvalue weighted by Crippen LogP contribution is 2.19. The lowest BCUT2D eigenvalue weighted by molar-refractivity contribution is 0.0450. The number of ether oxygens (including phenoxy) is 1. The summed E-state index contributed by atoms with van der Waals surface area (Å²) in [5, 5.41) is 0. The topological polar surface area (TPSA) is 9.23 Å². The Hall–Kier alpha value is -0.340. The molecule has 0 aliphatic rings. The molecule has 0 bridgehead atoms. The first-order valence-electron chi connectivity index (χ1n) is 3.95. The first-order chi connectivity index (χ1) is 5.58. The largest absolute Gasteiger partial charge is 0.360 e. The highest BCUT2D eigenvalue weighted by molar-refractivity contribution is 9.10. The average molecular weight is 229 g/mol. The molecular formula is C10H13BrO. The molecule has 0 N–H and O–H groups in total. The molecule has 0 amide bonds. The van der Waals surface area contributed by atoms with Crippen LogP contribution >= 0.6 is 15.9 Å². The van der Waals surface area contributed by atoms with E-state index in [1.54, 1.807) is 0 Å². The van der Waals surface area contributed by atoms with Crippen LogP contribution in [0.3, 0.4) is 0 Å². The van der Waals surface area contributed by atoms with Crippen LogP contribution in [0, 0.1) is 0 Å². The normalized spacial score (nSPS) is 11.6. The molecule has 0 atom stereocenters. The SMILES string of the molecule is CC(C)(Br)OCc1ccccc1. The van der Waals surface area contributed by atoms with E-state index in [4.69, 9.17) is 4.74 Å². The summed E-state index contributed by atoms with van der Waals surface area (Å²) in [4.78, 5) is 0. The molecule has 0 heterocycles. The van der Waals surface area contributed by atoms with E-state index in [9.17, 15) is 0 Å². The monoisotopic (exact) mass is 228 g/mol. The Morgan fingerprint density at radius 2 is 1.83 bits per heavy atom. The van der Waals surface area contributed by atoms with E-state index in [-0.39, 0.29) is 4.51 Å². The van der Waals surface area contributed by atoms with E-state index >= 15 is 0 Å². The van der Waals surface area contributed by atoms with E-state index in [1.165, 1.54) is 5.56 Å². The van der Waals surface area contributed by atoms with Crippen LogP contribution in [0.4, 0.5) is 0 Å². The number of alkyl halides is 1. The fraction of sp³-hybridized carbons (Fsp3) is 0.400. The van der Waals surface area contributed by atoms with E-state index in [1.807, 2.05) is 32.0 Å². The third kappa shape index (κ3) is 3.88. The van der Waals surface area contributed by atoms with Gasteiger partial charge in [-0.3, -0.25) is 0 Å². The third-order valence-corrected chi connectivity index (χ3v) is 1.65. The molecule has 0 fully saturated rings. The minimum atomic E-state index is -0.233. The molecule has 0 aliphatic carbocycles. The van der Waals surface area contributed by atoms with E-state index in [0.29, 0.717) is 6.61 Å². The van der Waals surface area contributed by atoms with Crippen LogP contribution in [0.15, 0.2) is 30.3 Å². The maximum Gasteiger partial charge on any atom is 0.117 e. The summed E-state index contributed by atoms with van der Waals surface area (Å²) in [6, 6.07) is 10.1. The summed E-state index contributed by atoms with van der Waals surface area (Å²) in [7, 11) is 0. The van der Waals surface area contributed by atoms with Crippen LogP contribution in [0.5, 0.6) is 0 Å². The number of benzene rings is 1. The van der Waals surface area contributed by atoms with Crippen molar-refractivity contribution in [3.8, 4) is 0 Å². The second-order valence-electron chi connectivity index (χ2n) is 3.14. The molecule has 66 valence electrons. The lowest BCUT2D eigenvalue weighted by Crippen LogP contribution is -2.14. The predicted octanol–water partition coefficient (Wildman–Crippen LogP) is 3.33. The first-order valence-corrected chi connectivity index (χ1v) is 4.74. The molecule has 2 heteroatoms. The zero-order valence-electron chi connectivity index (χ0n) is 7.38. The van der Waals surface area contributed by atoms with Crippen molar-refractivity contribution in [2.24, 2.45) is 0 Å². The number of halogens is 1. The fourth-order valence-corrected chi connectivity index (χ4v) is 0.944. The molecule has 1 aromatic rings. The van der Waals surface area contributed by atoms with Crippen LogP contribution in [-0.2, 0) is 11.3 Å². The van der Waals surface area contributed by atoms with Gasteiger partial charge in [-0.2, -0.15) is 0 Å². The van der Waals surface area contributed by atoms with Crippen molar-refractivity contribution in [2.45, 2.75) is 25.0 Å². The number of rotatable bonds is 3. The van der Waals surface area contributed by atoms with Gasteiger partial charge in [0.2, 0.25) is 0 Å². The Labute approximate surface area is 81.9 Å². The minimum Gasteiger partial charge on any atom is -0.360 e. The van der Waals surface area contributed by atoms with Gasteiger partial charge in [0.05, 0.1) is 6.61 Å². The van der Waals surface area contributed by atoms with Crippen LogP contribution in [-0.4, -0.2) is 4.51 Å². The molecule has 0 aromatic heterocycles. The molecule has 1 rings (SSSR count). The maximum atomic E-state index is 5.53. The minimum absolute atomic E-state index is 0.233. The van der Waals surface area contributed by atoms with Crippen molar-refractivity contribution in [3.63, 3.8) is 0 Å². The maximum absolute atomic E-state index is 5.53. The first kappa shape index (κ1) is 9.75. The molecule has 0 saturated carbocycles. The van der Waals surface area contributed by atoms with Crippen molar-refractivity contribution in [3.05, 3.63) is 35.9 Å². The molecule has 0 spiro atoms. The molecule has 1 aromatic carbocycles. The quantitative estimate of drug-likeness (QED) is 0.722. The van der Waals surface area contributed by atoms with E-state index < -0.39 is 0 Å². The van der Waals surface area contributed by atoms with Crippen molar-refractivity contribution >= 4 is 15.9 Å². The molecule has 0 saturated heterocycles. The van der Waals surface area contributed by atoms with Gasteiger partial charge >= 0.3 is 0 Å². The van der Waals surface area contributed by atoms with Crippen molar-refractivity contribution in [1.29, 1.82) is 0 Å². The summed E-state index contributed by atoms with van der Waals surface area (Å²) in [6.07, 6.45) is 0. The summed E-state index contributed by atoms with van der Waals surface area (Å²) in [5.74, 6) is 0. The zero-order valence-corrected chi connectivity index (χ0v) is 8.97. The molecule has 0 radical (unpaired) electrons. The predicted molar refractivity (Wildman–Crippen MR) is 54.2 cm³/mol. The van der Waals surface area contributed by atoms with Gasteiger partial charge in [-0.05, 0) is 19.4 Å². The van der Waals surface area contributed by atoms with Gasteiger partial charge in [0.25, 0.3) is 0 Å². The van der Waals surface area contributed by atoms with Gasteiger partial charge in [-0.15, -0.1) is 0 Å².